The summed E-state index contributed by atoms with van der Waals surface area (Å²) in [5.41, 5.74) is 3.66. The summed E-state index contributed by atoms with van der Waals surface area (Å²) in [4.78, 5) is 16.1. The minimum Gasteiger partial charge on any atom is -0.353 e. The highest BCUT2D eigenvalue weighted by molar-refractivity contribution is 6.30. The number of amides is 1. The van der Waals surface area contributed by atoms with Crippen LogP contribution in [-0.4, -0.2) is 46.8 Å². The van der Waals surface area contributed by atoms with Gasteiger partial charge in [0.2, 0.25) is 5.91 Å². The van der Waals surface area contributed by atoms with E-state index in [0.717, 1.165) is 33.4 Å². The van der Waals surface area contributed by atoms with E-state index in [0.29, 0.717) is 37.7 Å². The summed E-state index contributed by atoms with van der Waals surface area (Å²) in [5.74, 6) is 0.707. The van der Waals surface area contributed by atoms with Gasteiger partial charge in [-0.15, -0.1) is 0 Å². The molecule has 0 spiro atoms. The summed E-state index contributed by atoms with van der Waals surface area (Å²) >= 11 is 6.07. The second-order valence-corrected chi connectivity index (χ2v) is 8.80. The van der Waals surface area contributed by atoms with Crippen molar-refractivity contribution in [1.29, 1.82) is 0 Å². The van der Waals surface area contributed by atoms with Crippen molar-refractivity contribution in [3.8, 4) is 11.1 Å². The van der Waals surface area contributed by atoms with Crippen molar-refractivity contribution in [3.05, 3.63) is 95.8 Å². The standard InChI is InChI=1S/C27H24ClFN4O/c1-2-26(34)31-12-14-32(15-13-31)27-24-11-8-21(20-4-3-5-23(29)16-20)17-25(24)30-33(27)18-19-6-9-22(28)10-7-19/h2-11,16-17H,1,12-15,18H2. The molecule has 4 aromatic rings. The molecule has 1 aliphatic rings. The second kappa shape index (κ2) is 9.31. The highest BCUT2D eigenvalue weighted by atomic mass is 35.5. The second-order valence-electron chi connectivity index (χ2n) is 8.37. The van der Waals surface area contributed by atoms with E-state index in [4.69, 9.17) is 16.7 Å². The number of fused-ring (bicyclic) bond motifs is 1. The maximum atomic E-state index is 13.8. The lowest BCUT2D eigenvalue weighted by molar-refractivity contribution is -0.126. The van der Waals surface area contributed by atoms with Crippen LogP contribution in [-0.2, 0) is 11.3 Å². The minimum atomic E-state index is -0.265. The van der Waals surface area contributed by atoms with Crippen LogP contribution >= 0.6 is 11.6 Å². The number of carbonyl (C=O) groups is 1. The number of aromatic nitrogens is 2. The van der Waals surface area contributed by atoms with Crippen molar-refractivity contribution in [1.82, 2.24) is 14.7 Å². The quantitative estimate of drug-likeness (QED) is 0.365. The fourth-order valence-corrected chi connectivity index (χ4v) is 4.57. The Labute approximate surface area is 202 Å². The first-order chi connectivity index (χ1) is 16.5. The van der Waals surface area contributed by atoms with Gasteiger partial charge in [0.05, 0.1) is 12.1 Å². The zero-order valence-electron chi connectivity index (χ0n) is 18.6. The summed E-state index contributed by atoms with van der Waals surface area (Å²) in [5, 5.41) is 6.65. The molecule has 0 aliphatic carbocycles. The van der Waals surface area contributed by atoms with Gasteiger partial charge >= 0.3 is 0 Å². The molecule has 34 heavy (non-hydrogen) atoms. The van der Waals surface area contributed by atoms with Crippen molar-refractivity contribution in [3.63, 3.8) is 0 Å². The molecule has 1 aliphatic heterocycles. The highest BCUT2D eigenvalue weighted by Crippen LogP contribution is 2.32. The van der Waals surface area contributed by atoms with E-state index < -0.39 is 0 Å². The van der Waals surface area contributed by atoms with E-state index in [1.807, 2.05) is 52.0 Å². The van der Waals surface area contributed by atoms with E-state index in [1.54, 1.807) is 6.07 Å². The van der Waals surface area contributed by atoms with Gasteiger partial charge in [-0.3, -0.25) is 4.79 Å². The molecule has 5 rings (SSSR count). The number of hydrogen-bond acceptors (Lipinski definition) is 3. The van der Waals surface area contributed by atoms with Gasteiger partial charge < -0.3 is 9.80 Å². The smallest absolute Gasteiger partial charge is 0.246 e. The molecule has 0 saturated carbocycles. The number of hydrogen-bond donors (Lipinski definition) is 0. The van der Waals surface area contributed by atoms with Gasteiger partial charge in [0, 0.05) is 36.6 Å². The average molecular weight is 475 g/mol. The first kappa shape index (κ1) is 22.2. The van der Waals surface area contributed by atoms with Crippen LogP contribution in [0.1, 0.15) is 5.56 Å². The van der Waals surface area contributed by atoms with Gasteiger partial charge in [-0.05, 0) is 59.2 Å². The Morgan fingerprint density at radius 3 is 2.44 bits per heavy atom. The molecule has 0 atom stereocenters. The van der Waals surface area contributed by atoms with E-state index in [2.05, 4.69) is 17.5 Å². The molecule has 2 heterocycles. The van der Waals surface area contributed by atoms with Crippen LogP contribution in [0.5, 0.6) is 0 Å². The fraction of sp³-hybridized carbons (Fsp3) is 0.185. The van der Waals surface area contributed by atoms with E-state index in [-0.39, 0.29) is 11.7 Å². The van der Waals surface area contributed by atoms with Crippen LogP contribution in [0.4, 0.5) is 10.2 Å². The fourth-order valence-electron chi connectivity index (χ4n) is 4.44. The third kappa shape index (κ3) is 4.41. The molecular weight excluding hydrogens is 451 g/mol. The zero-order valence-corrected chi connectivity index (χ0v) is 19.4. The normalized spacial score (nSPS) is 13.9. The summed E-state index contributed by atoms with van der Waals surface area (Å²) in [6.07, 6.45) is 1.36. The Balaban J connectivity index is 1.54. The molecule has 0 N–H and O–H groups in total. The predicted octanol–water partition coefficient (Wildman–Crippen LogP) is 5.38. The molecule has 7 heteroatoms. The van der Waals surface area contributed by atoms with Crippen molar-refractivity contribution in [2.75, 3.05) is 31.1 Å². The van der Waals surface area contributed by atoms with Crippen LogP contribution < -0.4 is 4.90 Å². The lowest BCUT2D eigenvalue weighted by Gasteiger charge is -2.35. The van der Waals surface area contributed by atoms with Crippen LogP contribution in [0.25, 0.3) is 22.0 Å². The SMILES string of the molecule is C=CC(=O)N1CCN(c2c3ccc(-c4cccc(F)c4)cc3nn2Cc2ccc(Cl)cc2)CC1. The number of anilines is 1. The van der Waals surface area contributed by atoms with Crippen LogP contribution in [0.3, 0.4) is 0 Å². The maximum absolute atomic E-state index is 13.8. The number of rotatable bonds is 5. The first-order valence-corrected chi connectivity index (χ1v) is 11.6. The lowest BCUT2D eigenvalue weighted by atomic mass is 10.0. The van der Waals surface area contributed by atoms with Crippen molar-refractivity contribution >= 4 is 34.2 Å². The van der Waals surface area contributed by atoms with Crippen molar-refractivity contribution in [2.24, 2.45) is 0 Å². The molecule has 172 valence electrons. The molecular formula is C27H24ClFN4O. The van der Waals surface area contributed by atoms with Crippen LogP contribution in [0.15, 0.2) is 79.4 Å². The molecule has 5 nitrogen and oxygen atoms in total. The van der Waals surface area contributed by atoms with Crippen molar-refractivity contribution in [2.45, 2.75) is 6.54 Å². The number of benzene rings is 3. The molecule has 0 radical (unpaired) electrons. The summed E-state index contributed by atoms with van der Waals surface area (Å²) in [6, 6.07) is 20.4. The molecule has 1 fully saturated rings. The molecule has 3 aromatic carbocycles. The third-order valence-corrected chi connectivity index (χ3v) is 6.43. The Kier molecular flexibility index (Phi) is 6.07. The highest BCUT2D eigenvalue weighted by Gasteiger charge is 2.24. The molecule has 1 saturated heterocycles. The molecule has 1 amide bonds. The number of carbonyl (C=O) groups excluding carboxylic acids is 1. The Bertz CT molecular complexity index is 1360. The lowest BCUT2D eigenvalue weighted by Crippen LogP contribution is -2.49. The van der Waals surface area contributed by atoms with Gasteiger partial charge in [0.15, 0.2) is 0 Å². The molecule has 0 bridgehead atoms. The first-order valence-electron chi connectivity index (χ1n) is 11.2. The third-order valence-electron chi connectivity index (χ3n) is 6.18. The minimum absolute atomic E-state index is 0.0427. The Hall–Kier alpha value is -3.64. The van der Waals surface area contributed by atoms with Gasteiger partial charge in [-0.2, -0.15) is 5.10 Å². The maximum Gasteiger partial charge on any atom is 0.246 e. The molecule has 0 unspecified atom stereocenters. The van der Waals surface area contributed by atoms with Gasteiger partial charge in [-0.25, -0.2) is 9.07 Å². The average Bonchev–Trinajstić information content (AvgIpc) is 3.22. The van der Waals surface area contributed by atoms with Gasteiger partial charge in [-0.1, -0.05) is 48.5 Å². The van der Waals surface area contributed by atoms with Crippen LogP contribution in [0.2, 0.25) is 5.02 Å². The monoisotopic (exact) mass is 474 g/mol. The number of nitrogens with zero attached hydrogens (tertiary/aromatic N) is 4. The summed E-state index contributed by atoms with van der Waals surface area (Å²) < 4.78 is 15.8. The number of piperazine rings is 1. The molecule has 1 aromatic heterocycles. The van der Waals surface area contributed by atoms with Gasteiger partial charge in [0.1, 0.15) is 11.6 Å². The number of halogens is 2. The summed E-state index contributed by atoms with van der Waals surface area (Å²) in [7, 11) is 0. The van der Waals surface area contributed by atoms with Crippen LogP contribution in [0, 0.1) is 5.82 Å². The van der Waals surface area contributed by atoms with E-state index in [1.165, 1.54) is 18.2 Å². The zero-order chi connectivity index (χ0) is 23.7. The topological polar surface area (TPSA) is 41.4 Å². The van der Waals surface area contributed by atoms with Crippen molar-refractivity contribution < 1.29 is 9.18 Å². The van der Waals surface area contributed by atoms with E-state index in [9.17, 15) is 9.18 Å². The largest absolute Gasteiger partial charge is 0.353 e. The van der Waals surface area contributed by atoms with E-state index >= 15 is 0 Å². The Morgan fingerprint density at radius 1 is 1.00 bits per heavy atom. The van der Waals surface area contributed by atoms with Gasteiger partial charge in [0.25, 0.3) is 0 Å². The predicted molar refractivity (Wildman–Crippen MR) is 135 cm³/mol. The summed E-state index contributed by atoms with van der Waals surface area (Å²) in [6.45, 7) is 6.84. The Morgan fingerprint density at radius 2 is 1.74 bits per heavy atom.